The molecule has 0 amide bonds. The number of nitrogens with one attached hydrogen (secondary N) is 1. The van der Waals surface area contributed by atoms with Crippen molar-refractivity contribution in [1.29, 1.82) is 0 Å². The number of nitrogens with zero attached hydrogens (tertiary/aromatic N) is 4. The molecular weight excluding hydrogens is 1140 g/mol. The summed E-state index contributed by atoms with van der Waals surface area (Å²) in [7, 11) is 8.77. The minimum atomic E-state index is -0.663. The van der Waals surface area contributed by atoms with E-state index in [-0.39, 0.29) is 75.5 Å². The fourth-order valence-electron chi connectivity index (χ4n) is 7.41. The third-order valence-electron chi connectivity index (χ3n) is 11.6. The number of furan rings is 2. The topological polar surface area (TPSA) is 314 Å². The fourth-order valence-corrected chi connectivity index (χ4v) is 7.41. The van der Waals surface area contributed by atoms with E-state index in [9.17, 15) is 48.1 Å². The van der Waals surface area contributed by atoms with Gasteiger partial charge < -0.3 is 67.0 Å². The van der Waals surface area contributed by atoms with Crippen molar-refractivity contribution in [1.82, 2.24) is 24.9 Å². The van der Waals surface area contributed by atoms with Gasteiger partial charge >= 0.3 is 11.9 Å². The summed E-state index contributed by atoms with van der Waals surface area (Å²) in [6, 6.07) is 25.8. The number of ketones is 2. The van der Waals surface area contributed by atoms with Crippen LogP contribution in [-0.2, 0) is 22.3 Å². The van der Waals surface area contributed by atoms with Crippen LogP contribution in [0.4, 0.5) is 8.78 Å². The summed E-state index contributed by atoms with van der Waals surface area (Å²) in [6.07, 6.45) is 8.02. The maximum Gasteiger partial charge on any atom is 0.360 e. The minimum Gasteiger partial charge on any atom is -0.503 e. The summed E-state index contributed by atoms with van der Waals surface area (Å²) in [5, 5.41) is 28.4. The highest BCUT2D eigenvalue weighted by atomic mass is 19.1. The Bertz CT molecular complexity index is 3790. The summed E-state index contributed by atoms with van der Waals surface area (Å²) in [6.45, 7) is 5.65. The Morgan fingerprint density at radius 2 is 0.897 bits per heavy atom. The normalized spacial score (nSPS) is 10.1. The van der Waals surface area contributed by atoms with Crippen LogP contribution in [0.2, 0.25) is 0 Å². The SMILES string of the molecule is CCOC(=O)c1nccc(OC)c1O.CCOC(=O)c1nccc(OC)c1OC.COc1ccnc(C(=O)c2ccc(Cc3ccc(F)cc3)o2)c1OC.COc1ccnc(C)c1O.O=C(c1ccc(Cc2ccc(F)cc2)o1)c1[nH]ccc(=O)c1O. The molecule has 0 atom stereocenters. The fraction of sp³-hybridized carbons (Fsp3) is 0.210. The van der Waals surface area contributed by atoms with Crippen molar-refractivity contribution in [3.05, 3.63) is 219 Å². The van der Waals surface area contributed by atoms with E-state index in [0.29, 0.717) is 59.7 Å². The number of H-pyrrole nitrogens is 1. The number of aromatic hydroxyl groups is 3. The van der Waals surface area contributed by atoms with Gasteiger partial charge in [-0.25, -0.2) is 33.3 Å². The maximum absolute atomic E-state index is 13.0. The van der Waals surface area contributed by atoms with E-state index in [2.05, 4.69) is 24.9 Å². The lowest BCUT2D eigenvalue weighted by Crippen LogP contribution is -2.09. The third-order valence-corrected chi connectivity index (χ3v) is 11.6. The second-order valence-electron chi connectivity index (χ2n) is 17.3. The minimum absolute atomic E-state index is 0.000684. The zero-order valence-corrected chi connectivity index (χ0v) is 48.5. The van der Waals surface area contributed by atoms with Crippen molar-refractivity contribution >= 4 is 23.5 Å². The quantitative estimate of drug-likeness (QED) is 0.0459. The summed E-state index contributed by atoms with van der Waals surface area (Å²) < 4.78 is 76.6. The summed E-state index contributed by atoms with van der Waals surface area (Å²) in [5.74, 6) is -0.320. The van der Waals surface area contributed by atoms with Crippen LogP contribution >= 0.6 is 0 Å². The molecule has 9 rings (SSSR count). The van der Waals surface area contributed by atoms with E-state index in [4.69, 9.17) is 46.7 Å². The third kappa shape index (κ3) is 18.4. The molecule has 456 valence electrons. The molecule has 2 aromatic carbocycles. The van der Waals surface area contributed by atoms with Gasteiger partial charge in [0.25, 0.3) is 0 Å². The number of aromatic amines is 1. The van der Waals surface area contributed by atoms with Gasteiger partial charge in [0.05, 0.1) is 61.6 Å². The monoisotopic (exact) mass is 1200 g/mol. The number of aryl methyl sites for hydroxylation is 1. The Kier molecular flexibility index (Phi) is 25.5. The Morgan fingerprint density at radius 3 is 1.36 bits per heavy atom. The Balaban J connectivity index is 0.000000206. The zero-order valence-electron chi connectivity index (χ0n) is 48.5. The van der Waals surface area contributed by atoms with E-state index in [1.807, 2.05) is 0 Å². The summed E-state index contributed by atoms with van der Waals surface area (Å²) in [4.78, 5) is 77.1. The van der Waals surface area contributed by atoms with E-state index in [0.717, 1.165) is 17.2 Å². The number of pyridine rings is 5. The van der Waals surface area contributed by atoms with Crippen molar-refractivity contribution < 1.29 is 90.0 Å². The van der Waals surface area contributed by atoms with E-state index in [1.165, 1.54) is 104 Å². The number of carbonyl (C=O) groups is 4. The molecule has 0 unspecified atom stereocenters. The second kappa shape index (κ2) is 33.3. The molecule has 7 aromatic heterocycles. The molecule has 4 N–H and O–H groups in total. The molecule has 9 aromatic rings. The van der Waals surface area contributed by atoms with Crippen molar-refractivity contribution in [2.45, 2.75) is 33.6 Å². The molecule has 0 radical (unpaired) electrons. The summed E-state index contributed by atoms with van der Waals surface area (Å²) in [5.41, 5.74) is 1.53. The summed E-state index contributed by atoms with van der Waals surface area (Å²) >= 11 is 0. The van der Waals surface area contributed by atoms with Gasteiger partial charge in [0.15, 0.2) is 80.3 Å². The molecule has 7 heterocycles. The number of halogens is 2. The standard InChI is InChI=1S/C19H16FNO4.C17H12FNO4.C10H13NO4.C9H11NO4.C7H9NO2/c1-23-16-9-10-21-17(19(16)24-2)18(22)15-8-7-14(25-15)11-12-3-5-13(20)6-4-12;18-11-3-1-10(2-4-11)9-12-5-6-14(23-12)17(22)15-16(21)13(20)7-8-19-15;1-4-15-10(12)8-9(14-3)7(13-2)5-6-11-8;1-3-14-9(12)7-8(11)6(13-2)4-5-10-7;1-5-7(9)6(10-2)3-4-8-5/h3-10H,11H2,1-2H3;1-8,21H,9H2,(H,19,20);5-6H,4H2,1-3H3;4-5,11H,3H2,1-2H3;3-4,9H,1-2H3. The van der Waals surface area contributed by atoms with Crippen LogP contribution < -0.4 is 33.8 Å². The van der Waals surface area contributed by atoms with E-state index >= 15 is 0 Å². The van der Waals surface area contributed by atoms with Crippen molar-refractivity contribution in [3.8, 4) is 51.7 Å². The number of carbonyl (C=O) groups excluding carboxylic acids is 4. The molecule has 0 bridgehead atoms. The number of benzene rings is 2. The molecule has 25 heteroatoms. The van der Waals surface area contributed by atoms with Crippen LogP contribution in [-0.4, -0.2) is 120 Å². The van der Waals surface area contributed by atoms with E-state index < -0.39 is 34.7 Å². The zero-order chi connectivity index (χ0) is 63.6. The van der Waals surface area contributed by atoms with Crippen molar-refractivity contribution in [3.63, 3.8) is 0 Å². The van der Waals surface area contributed by atoms with Crippen molar-refractivity contribution in [2.75, 3.05) is 55.9 Å². The first-order valence-corrected chi connectivity index (χ1v) is 25.9. The van der Waals surface area contributed by atoms with Crippen LogP contribution in [0.15, 0.2) is 148 Å². The van der Waals surface area contributed by atoms with Gasteiger partial charge in [-0.15, -0.1) is 0 Å². The smallest absolute Gasteiger partial charge is 0.360 e. The van der Waals surface area contributed by atoms with Gasteiger partial charge in [0.1, 0.15) is 28.8 Å². The average molecular weight is 1200 g/mol. The molecule has 87 heavy (non-hydrogen) atoms. The van der Waals surface area contributed by atoms with Gasteiger partial charge in [0.2, 0.25) is 17.0 Å². The predicted octanol–water partition coefficient (Wildman–Crippen LogP) is 9.64. The number of hydrogen-bond donors (Lipinski definition) is 4. The lowest BCUT2D eigenvalue weighted by molar-refractivity contribution is 0.0505. The van der Waals surface area contributed by atoms with Crippen molar-refractivity contribution in [2.24, 2.45) is 0 Å². The highest BCUT2D eigenvalue weighted by Gasteiger charge is 2.24. The average Bonchev–Trinajstić information content (AvgIpc) is 4.38. The number of esters is 2. The van der Waals surface area contributed by atoms with Crippen LogP contribution in [0.5, 0.6) is 51.7 Å². The lowest BCUT2D eigenvalue weighted by Gasteiger charge is -2.10. The molecule has 23 nitrogen and oxygen atoms in total. The molecule has 0 saturated carbocycles. The largest absolute Gasteiger partial charge is 0.503 e. The Hall–Kier alpha value is -11.1. The number of ether oxygens (including phenoxy) is 8. The van der Waals surface area contributed by atoms with Crippen LogP contribution in [0.3, 0.4) is 0 Å². The first-order chi connectivity index (χ1) is 41.9. The first-order valence-electron chi connectivity index (χ1n) is 25.9. The van der Waals surface area contributed by atoms with Crippen LogP contribution in [0, 0.1) is 18.6 Å². The van der Waals surface area contributed by atoms with Crippen LogP contribution in [0.25, 0.3) is 0 Å². The second-order valence-corrected chi connectivity index (χ2v) is 17.3. The molecule has 0 aliphatic heterocycles. The van der Waals surface area contributed by atoms with Gasteiger partial charge in [-0.1, -0.05) is 24.3 Å². The maximum atomic E-state index is 13.0. The van der Waals surface area contributed by atoms with Crippen LogP contribution in [0.1, 0.15) is 95.7 Å². The van der Waals surface area contributed by atoms with Gasteiger partial charge in [-0.2, -0.15) is 0 Å². The molecule has 0 spiro atoms. The number of rotatable bonds is 18. The number of methoxy groups -OCH3 is 6. The predicted molar refractivity (Wildman–Crippen MR) is 308 cm³/mol. The van der Waals surface area contributed by atoms with Gasteiger partial charge in [-0.05, 0) is 80.4 Å². The highest BCUT2D eigenvalue weighted by Crippen LogP contribution is 2.33. The molecule has 0 aliphatic carbocycles. The number of aromatic nitrogens is 5. The van der Waals surface area contributed by atoms with E-state index in [1.54, 1.807) is 87.6 Å². The molecular formula is C62H61F2N5O18. The highest BCUT2D eigenvalue weighted by molar-refractivity contribution is 6.08. The first kappa shape index (κ1) is 66.7. The number of hydrogen-bond acceptors (Lipinski definition) is 22. The van der Waals surface area contributed by atoms with Gasteiger partial charge in [0, 0.05) is 74.2 Å². The Morgan fingerprint density at radius 1 is 0.483 bits per heavy atom. The molecule has 0 saturated heterocycles. The Labute approximate surface area is 496 Å². The lowest BCUT2D eigenvalue weighted by atomic mass is 10.1. The molecule has 0 aliphatic rings. The molecule has 0 fully saturated rings. The van der Waals surface area contributed by atoms with Gasteiger partial charge in [-0.3, -0.25) is 19.4 Å².